The fourth-order valence-corrected chi connectivity index (χ4v) is 2.47. The fourth-order valence-electron chi connectivity index (χ4n) is 1.98. The zero-order valence-electron chi connectivity index (χ0n) is 12.9. The number of phenolic OH excluding ortho intramolecular Hbond substituents is 1. The molecule has 1 amide bonds. The highest BCUT2D eigenvalue weighted by atomic mass is 79.9. The first kappa shape index (κ1) is 17.6. The number of anilines is 1. The molecule has 0 atom stereocenters. The first-order valence-corrected chi connectivity index (χ1v) is 7.96. The zero-order chi connectivity index (χ0) is 17.5. The van der Waals surface area contributed by atoms with Gasteiger partial charge in [0.1, 0.15) is 23.1 Å². The Labute approximate surface area is 148 Å². The van der Waals surface area contributed by atoms with Gasteiger partial charge in [0.05, 0.1) is 6.61 Å². The standard InChI is InChI=1S/C18H15BrN2O3/c1-2-24-17-9-12(8-14(19)10-17)7-13(11-20)18(23)21-15-3-5-16(22)6-4-15/h3-10,22H,2H2,1H3,(H,21,23)/b13-7+. The van der Waals surface area contributed by atoms with Crippen molar-refractivity contribution in [2.75, 3.05) is 11.9 Å². The minimum atomic E-state index is -0.527. The molecule has 0 heterocycles. The second-order valence-electron chi connectivity index (χ2n) is 4.82. The smallest absolute Gasteiger partial charge is 0.266 e. The van der Waals surface area contributed by atoms with Gasteiger partial charge < -0.3 is 15.2 Å². The van der Waals surface area contributed by atoms with E-state index in [1.54, 1.807) is 24.3 Å². The molecule has 0 aliphatic carbocycles. The normalized spacial score (nSPS) is 10.8. The van der Waals surface area contributed by atoms with Gasteiger partial charge in [-0.05, 0) is 61.0 Å². The van der Waals surface area contributed by atoms with Gasteiger partial charge in [-0.15, -0.1) is 0 Å². The maximum absolute atomic E-state index is 12.2. The van der Waals surface area contributed by atoms with E-state index in [1.807, 2.05) is 19.1 Å². The molecule has 0 radical (unpaired) electrons. The Morgan fingerprint density at radius 2 is 2.04 bits per heavy atom. The molecule has 0 aliphatic rings. The van der Waals surface area contributed by atoms with Crippen LogP contribution in [0.5, 0.6) is 11.5 Å². The van der Waals surface area contributed by atoms with Crippen LogP contribution in [0.1, 0.15) is 12.5 Å². The number of nitriles is 1. The van der Waals surface area contributed by atoms with Crippen molar-refractivity contribution in [1.29, 1.82) is 5.26 Å². The molecular formula is C18H15BrN2O3. The number of hydrogen-bond acceptors (Lipinski definition) is 4. The number of rotatable bonds is 5. The summed E-state index contributed by atoms with van der Waals surface area (Å²) in [5, 5.41) is 21.1. The predicted octanol–water partition coefficient (Wildman–Crippen LogP) is 4.10. The predicted molar refractivity (Wildman–Crippen MR) is 95.6 cm³/mol. The molecule has 0 spiro atoms. The van der Waals surface area contributed by atoms with Gasteiger partial charge in [-0.25, -0.2) is 0 Å². The van der Waals surface area contributed by atoms with Gasteiger partial charge in [0, 0.05) is 10.2 Å². The Morgan fingerprint density at radius 3 is 2.67 bits per heavy atom. The van der Waals surface area contributed by atoms with Crippen molar-refractivity contribution in [3.8, 4) is 17.6 Å². The summed E-state index contributed by atoms with van der Waals surface area (Å²) in [6.45, 7) is 2.40. The van der Waals surface area contributed by atoms with Crippen LogP contribution in [-0.4, -0.2) is 17.6 Å². The van der Waals surface area contributed by atoms with Crippen molar-refractivity contribution < 1.29 is 14.6 Å². The lowest BCUT2D eigenvalue weighted by Crippen LogP contribution is -2.13. The molecule has 0 aliphatic heterocycles. The average Bonchev–Trinajstić information content (AvgIpc) is 2.54. The van der Waals surface area contributed by atoms with E-state index in [2.05, 4.69) is 21.2 Å². The lowest BCUT2D eigenvalue weighted by Gasteiger charge is -2.07. The summed E-state index contributed by atoms with van der Waals surface area (Å²) in [4.78, 5) is 12.2. The van der Waals surface area contributed by atoms with E-state index in [1.165, 1.54) is 18.2 Å². The summed E-state index contributed by atoms with van der Waals surface area (Å²) in [6, 6.07) is 13.2. The minimum Gasteiger partial charge on any atom is -0.508 e. The molecule has 24 heavy (non-hydrogen) atoms. The fraction of sp³-hybridized carbons (Fsp3) is 0.111. The molecule has 2 N–H and O–H groups in total. The number of nitrogens with zero attached hydrogens (tertiary/aromatic N) is 1. The molecule has 6 heteroatoms. The number of halogens is 1. The molecule has 0 saturated heterocycles. The van der Waals surface area contributed by atoms with Crippen molar-refractivity contribution >= 4 is 33.6 Å². The Bertz CT molecular complexity index is 808. The average molecular weight is 387 g/mol. The Morgan fingerprint density at radius 1 is 1.33 bits per heavy atom. The summed E-state index contributed by atoms with van der Waals surface area (Å²) < 4.78 is 6.23. The molecule has 0 fully saturated rings. The molecule has 0 saturated carbocycles. The number of hydrogen-bond donors (Lipinski definition) is 2. The second-order valence-corrected chi connectivity index (χ2v) is 5.74. The van der Waals surface area contributed by atoms with Crippen LogP contribution in [0.25, 0.3) is 6.08 Å². The Hall–Kier alpha value is -2.78. The number of nitrogens with one attached hydrogen (secondary N) is 1. The molecule has 2 rings (SSSR count). The number of amides is 1. The number of aromatic hydroxyl groups is 1. The van der Waals surface area contributed by atoms with Crippen LogP contribution in [0.15, 0.2) is 52.5 Å². The molecule has 122 valence electrons. The van der Waals surface area contributed by atoms with Gasteiger partial charge in [-0.2, -0.15) is 5.26 Å². The van der Waals surface area contributed by atoms with Crippen molar-refractivity contribution in [3.05, 3.63) is 58.1 Å². The second kappa shape index (κ2) is 8.18. The highest BCUT2D eigenvalue weighted by molar-refractivity contribution is 9.10. The monoisotopic (exact) mass is 386 g/mol. The first-order valence-electron chi connectivity index (χ1n) is 7.17. The third-order valence-electron chi connectivity index (χ3n) is 3.01. The van der Waals surface area contributed by atoms with Crippen LogP contribution in [0, 0.1) is 11.3 Å². The summed E-state index contributed by atoms with van der Waals surface area (Å²) in [6.07, 6.45) is 1.49. The number of carbonyl (C=O) groups is 1. The van der Waals surface area contributed by atoms with E-state index in [4.69, 9.17) is 4.74 Å². The number of carbonyl (C=O) groups excluding carboxylic acids is 1. The minimum absolute atomic E-state index is 0.0383. The summed E-state index contributed by atoms with van der Waals surface area (Å²) in [5.41, 5.74) is 1.12. The van der Waals surface area contributed by atoms with Crippen molar-refractivity contribution in [3.63, 3.8) is 0 Å². The SMILES string of the molecule is CCOc1cc(Br)cc(/C=C(\C#N)C(=O)Nc2ccc(O)cc2)c1. The molecule has 0 unspecified atom stereocenters. The van der Waals surface area contributed by atoms with Crippen LogP contribution in [-0.2, 0) is 4.79 Å². The number of ether oxygens (including phenoxy) is 1. The highest BCUT2D eigenvalue weighted by Crippen LogP contribution is 2.23. The molecule has 0 bridgehead atoms. The molecular weight excluding hydrogens is 372 g/mol. The third kappa shape index (κ3) is 4.86. The van der Waals surface area contributed by atoms with Gasteiger partial charge in [0.2, 0.25) is 0 Å². The number of benzene rings is 2. The van der Waals surface area contributed by atoms with Gasteiger partial charge >= 0.3 is 0 Å². The van der Waals surface area contributed by atoms with Gasteiger partial charge in [0.25, 0.3) is 5.91 Å². The van der Waals surface area contributed by atoms with Crippen LogP contribution in [0.2, 0.25) is 0 Å². The maximum atomic E-state index is 12.2. The van der Waals surface area contributed by atoms with Crippen LogP contribution >= 0.6 is 15.9 Å². The van der Waals surface area contributed by atoms with E-state index in [0.29, 0.717) is 23.6 Å². The summed E-state index contributed by atoms with van der Waals surface area (Å²) >= 11 is 3.38. The van der Waals surface area contributed by atoms with Crippen molar-refractivity contribution in [2.45, 2.75) is 6.92 Å². The Balaban J connectivity index is 2.23. The highest BCUT2D eigenvalue weighted by Gasteiger charge is 2.10. The topological polar surface area (TPSA) is 82.3 Å². The first-order chi connectivity index (χ1) is 11.5. The van der Waals surface area contributed by atoms with Gasteiger partial charge in [-0.1, -0.05) is 15.9 Å². The number of phenols is 1. The van der Waals surface area contributed by atoms with E-state index in [-0.39, 0.29) is 11.3 Å². The van der Waals surface area contributed by atoms with E-state index in [0.717, 1.165) is 4.47 Å². The van der Waals surface area contributed by atoms with E-state index in [9.17, 15) is 15.2 Å². The van der Waals surface area contributed by atoms with E-state index < -0.39 is 5.91 Å². The quantitative estimate of drug-likeness (QED) is 0.460. The van der Waals surface area contributed by atoms with Gasteiger partial charge in [0.15, 0.2) is 0 Å². The molecule has 2 aromatic rings. The van der Waals surface area contributed by atoms with Crippen molar-refractivity contribution in [2.24, 2.45) is 0 Å². The largest absolute Gasteiger partial charge is 0.508 e. The van der Waals surface area contributed by atoms with Crippen LogP contribution in [0.3, 0.4) is 0 Å². The van der Waals surface area contributed by atoms with E-state index >= 15 is 0 Å². The van der Waals surface area contributed by atoms with Gasteiger partial charge in [-0.3, -0.25) is 4.79 Å². The van der Waals surface area contributed by atoms with Crippen molar-refractivity contribution in [1.82, 2.24) is 0 Å². The Kier molecular flexibility index (Phi) is 5.99. The maximum Gasteiger partial charge on any atom is 0.266 e. The molecule has 0 aromatic heterocycles. The zero-order valence-corrected chi connectivity index (χ0v) is 14.5. The summed E-state index contributed by atoms with van der Waals surface area (Å²) in [7, 11) is 0. The summed E-state index contributed by atoms with van der Waals surface area (Å²) in [5.74, 6) is 0.220. The van der Waals surface area contributed by atoms with Crippen LogP contribution in [0.4, 0.5) is 5.69 Å². The lowest BCUT2D eigenvalue weighted by atomic mass is 10.1. The molecule has 2 aromatic carbocycles. The lowest BCUT2D eigenvalue weighted by molar-refractivity contribution is -0.112. The van der Waals surface area contributed by atoms with Crippen LogP contribution < -0.4 is 10.1 Å². The molecule has 5 nitrogen and oxygen atoms in total. The third-order valence-corrected chi connectivity index (χ3v) is 3.46.